The highest BCUT2D eigenvalue weighted by Crippen LogP contribution is 2.22. The first-order chi connectivity index (χ1) is 9.29. The summed E-state index contributed by atoms with van der Waals surface area (Å²) < 4.78 is 4.76. The summed E-state index contributed by atoms with van der Waals surface area (Å²) in [7, 11) is 1.41. The maximum absolute atomic E-state index is 11.5. The topological polar surface area (TPSA) is 38.3 Å². The molecule has 19 heavy (non-hydrogen) atoms. The molecule has 3 nitrogen and oxygen atoms in total. The standard InChI is InChI=1S/C16H17NO2/c1-19-16(18)12-15(13-8-4-2-5-9-13)17-14-10-6-3-7-11-14/h2-11,15,17H,12H2,1H3. The first-order valence-corrected chi connectivity index (χ1v) is 6.23. The summed E-state index contributed by atoms with van der Waals surface area (Å²) >= 11 is 0. The summed E-state index contributed by atoms with van der Waals surface area (Å²) in [5, 5.41) is 3.36. The van der Waals surface area contributed by atoms with Crippen molar-refractivity contribution in [3.05, 3.63) is 66.2 Å². The van der Waals surface area contributed by atoms with E-state index in [4.69, 9.17) is 4.74 Å². The third-order valence-corrected chi connectivity index (χ3v) is 2.92. The van der Waals surface area contributed by atoms with Crippen LogP contribution in [-0.4, -0.2) is 13.1 Å². The quantitative estimate of drug-likeness (QED) is 0.832. The minimum atomic E-state index is -0.225. The highest BCUT2D eigenvalue weighted by Gasteiger charge is 2.15. The van der Waals surface area contributed by atoms with Crippen molar-refractivity contribution in [3.63, 3.8) is 0 Å². The van der Waals surface area contributed by atoms with E-state index in [1.165, 1.54) is 7.11 Å². The van der Waals surface area contributed by atoms with Crippen molar-refractivity contribution < 1.29 is 9.53 Å². The lowest BCUT2D eigenvalue weighted by molar-refractivity contribution is -0.140. The van der Waals surface area contributed by atoms with Crippen LogP contribution in [0.15, 0.2) is 60.7 Å². The van der Waals surface area contributed by atoms with Crippen molar-refractivity contribution in [1.82, 2.24) is 0 Å². The van der Waals surface area contributed by atoms with Crippen molar-refractivity contribution in [2.75, 3.05) is 12.4 Å². The second-order valence-electron chi connectivity index (χ2n) is 4.25. The minimum absolute atomic E-state index is 0.0870. The molecule has 0 amide bonds. The molecule has 0 aliphatic heterocycles. The number of benzene rings is 2. The Balaban J connectivity index is 2.17. The van der Waals surface area contributed by atoms with Crippen LogP contribution in [-0.2, 0) is 9.53 Å². The zero-order valence-corrected chi connectivity index (χ0v) is 10.9. The van der Waals surface area contributed by atoms with Gasteiger partial charge in [-0.1, -0.05) is 48.5 Å². The number of nitrogens with one attached hydrogen (secondary N) is 1. The number of methoxy groups -OCH3 is 1. The monoisotopic (exact) mass is 255 g/mol. The fraction of sp³-hybridized carbons (Fsp3) is 0.188. The first-order valence-electron chi connectivity index (χ1n) is 6.23. The van der Waals surface area contributed by atoms with Crippen LogP contribution in [0.4, 0.5) is 5.69 Å². The van der Waals surface area contributed by atoms with Gasteiger partial charge in [0.15, 0.2) is 0 Å². The Morgan fingerprint density at radius 2 is 1.63 bits per heavy atom. The van der Waals surface area contributed by atoms with E-state index in [0.717, 1.165) is 11.3 Å². The van der Waals surface area contributed by atoms with Gasteiger partial charge in [0.25, 0.3) is 0 Å². The van der Waals surface area contributed by atoms with Gasteiger partial charge < -0.3 is 10.1 Å². The number of hydrogen-bond donors (Lipinski definition) is 1. The fourth-order valence-corrected chi connectivity index (χ4v) is 1.92. The number of hydrogen-bond acceptors (Lipinski definition) is 3. The second-order valence-corrected chi connectivity index (χ2v) is 4.25. The van der Waals surface area contributed by atoms with Crippen LogP contribution in [0.5, 0.6) is 0 Å². The van der Waals surface area contributed by atoms with Crippen LogP contribution >= 0.6 is 0 Å². The average molecular weight is 255 g/mol. The third kappa shape index (κ3) is 3.85. The minimum Gasteiger partial charge on any atom is -0.469 e. The number of carbonyl (C=O) groups is 1. The Bertz CT molecular complexity index is 511. The van der Waals surface area contributed by atoms with Crippen molar-refractivity contribution in [2.45, 2.75) is 12.5 Å². The van der Waals surface area contributed by atoms with Crippen LogP contribution in [0.3, 0.4) is 0 Å². The summed E-state index contributed by atoms with van der Waals surface area (Å²) in [4.78, 5) is 11.5. The van der Waals surface area contributed by atoms with Gasteiger partial charge in [0.2, 0.25) is 0 Å². The van der Waals surface area contributed by atoms with E-state index in [-0.39, 0.29) is 12.0 Å². The number of esters is 1. The van der Waals surface area contributed by atoms with Crippen LogP contribution in [0.2, 0.25) is 0 Å². The molecule has 0 aromatic heterocycles. The van der Waals surface area contributed by atoms with Crippen molar-refractivity contribution in [2.24, 2.45) is 0 Å². The van der Waals surface area contributed by atoms with E-state index in [0.29, 0.717) is 6.42 Å². The van der Waals surface area contributed by atoms with E-state index >= 15 is 0 Å². The number of carbonyl (C=O) groups excluding carboxylic acids is 1. The molecule has 3 heteroatoms. The van der Waals surface area contributed by atoms with Gasteiger partial charge in [-0.3, -0.25) is 4.79 Å². The summed E-state index contributed by atoms with van der Waals surface area (Å²) in [5.41, 5.74) is 2.05. The fourth-order valence-electron chi connectivity index (χ4n) is 1.92. The lowest BCUT2D eigenvalue weighted by Gasteiger charge is -2.19. The summed E-state index contributed by atoms with van der Waals surface area (Å²) in [5.74, 6) is -0.225. The van der Waals surface area contributed by atoms with Gasteiger partial charge in [0.05, 0.1) is 19.6 Å². The molecule has 0 spiro atoms. The molecule has 1 unspecified atom stereocenters. The molecule has 0 saturated carbocycles. The Morgan fingerprint density at radius 3 is 2.21 bits per heavy atom. The molecular formula is C16H17NO2. The molecule has 98 valence electrons. The van der Waals surface area contributed by atoms with E-state index < -0.39 is 0 Å². The Labute approximate surface area is 113 Å². The van der Waals surface area contributed by atoms with Gasteiger partial charge in [-0.25, -0.2) is 0 Å². The normalized spacial score (nSPS) is 11.6. The zero-order chi connectivity index (χ0) is 13.5. The van der Waals surface area contributed by atoms with Gasteiger partial charge in [0, 0.05) is 5.69 Å². The number of anilines is 1. The van der Waals surface area contributed by atoms with Crippen molar-refractivity contribution in [1.29, 1.82) is 0 Å². The van der Waals surface area contributed by atoms with Crippen LogP contribution < -0.4 is 5.32 Å². The van der Waals surface area contributed by atoms with Crippen LogP contribution in [0, 0.1) is 0 Å². The SMILES string of the molecule is COC(=O)CC(Nc1ccccc1)c1ccccc1. The van der Waals surface area contributed by atoms with E-state index in [2.05, 4.69) is 5.32 Å². The number of para-hydroxylation sites is 1. The Morgan fingerprint density at radius 1 is 1.05 bits per heavy atom. The second kappa shape index (κ2) is 6.59. The molecule has 2 aromatic carbocycles. The lowest BCUT2D eigenvalue weighted by atomic mass is 10.0. The number of ether oxygens (including phenoxy) is 1. The molecule has 0 bridgehead atoms. The van der Waals surface area contributed by atoms with Crippen molar-refractivity contribution >= 4 is 11.7 Å². The molecule has 0 aliphatic rings. The molecule has 0 heterocycles. The van der Waals surface area contributed by atoms with Crippen LogP contribution in [0.1, 0.15) is 18.0 Å². The summed E-state index contributed by atoms with van der Waals surface area (Å²) in [6.07, 6.45) is 0.301. The smallest absolute Gasteiger partial charge is 0.307 e. The van der Waals surface area contributed by atoms with Gasteiger partial charge >= 0.3 is 5.97 Å². The van der Waals surface area contributed by atoms with Crippen molar-refractivity contribution in [3.8, 4) is 0 Å². The lowest BCUT2D eigenvalue weighted by Crippen LogP contribution is -2.16. The van der Waals surface area contributed by atoms with Gasteiger partial charge in [-0.15, -0.1) is 0 Å². The molecule has 2 rings (SSSR count). The van der Waals surface area contributed by atoms with Crippen LogP contribution in [0.25, 0.3) is 0 Å². The summed E-state index contributed by atoms with van der Waals surface area (Å²) in [6.45, 7) is 0. The predicted octanol–water partition coefficient (Wildman–Crippen LogP) is 3.40. The molecule has 2 aromatic rings. The molecule has 0 radical (unpaired) electrons. The molecule has 0 saturated heterocycles. The maximum atomic E-state index is 11.5. The third-order valence-electron chi connectivity index (χ3n) is 2.92. The summed E-state index contributed by atoms with van der Waals surface area (Å²) in [6, 6.07) is 19.7. The highest BCUT2D eigenvalue weighted by molar-refractivity contribution is 5.71. The zero-order valence-electron chi connectivity index (χ0n) is 10.9. The van der Waals surface area contributed by atoms with E-state index in [1.807, 2.05) is 60.7 Å². The molecule has 1 atom stereocenters. The largest absolute Gasteiger partial charge is 0.469 e. The molecule has 0 aliphatic carbocycles. The average Bonchev–Trinajstić information content (AvgIpc) is 2.48. The first kappa shape index (κ1) is 13.1. The van der Waals surface area contributed by atoms with Gasteiger partial charge in [0.1, 0.15) is 0 Å². The molecule has 0 fully saturated rings. The predicted molar refractivity (Wildman–Crippen MR) is 75.9 cm³/mol. The van der Waals surface area contributed by atoms with E-state index in [1.54, 1.807) is 0 Å². The maximum Gasteiger partial charge on any atom is 0.307 e. The Hall–Kier alpha value is -2.29. The highest BCUT2D eigenvalue weighted by atomic mass is 16.5. The Kier molecular flexibility index (Phi) is 4.56. The number of rotatable bonds is 5. The molecule has 1 N–H and O–H groups in total. The van der Waals surface area contributed by atoms with E-state index in [9.17, 15) is 4.79 Å². The molecular weight excluding hydrogens is 238 g/mol. The van der Waals surface area contributed by atoms with Gasteiger partial charge in [-0.2, -0.15) is 0 Å². The van der Waals surface area contributed by atoms with Gasteiger partial charge in [-0.05, 0) is 17.7 Å².